The lowest BCUT2D eigenvalue weighted by Gasteiger charge is -2.03. The van der Waals surface area contributed by atoms with Crippen LogP contribution in [0, 0.1) is 0 Å². The largest absolute Gasteiger partial charge is 0.354 e. The third kappa shape index (κ3) is 2.17. The molecule has 0 aromatic carbocycles. The van der Waals surface area contributed by atoms with Gasteiger partial charge in [-0.3, -0.25) is 9.89 Å². The van der Waals surface area contributed by atoms with Crippen LogP contribution in [-0.4, -0.2) is 28.1 Å². The Labute approximate surface area is 92.1 Å². The molecule has 0 bridgehead atoms. The van der Waals surface area contributed by atoms with E-state index in [1.165, 1.54) is 0 Å². The summed E-state index contributed by atoms with van der Waals surface area (Å²) in [6.07, 6.45) is 1.70. The second kappa shape index (κ2) is 4.43. The highest BCUT2D eigenvalue weighted by atomic mass is 16.1. The average molecular weight is 217 g/mol. The molecule has 3 N–H and O–H groups in total. The number of carbonyl (C=O) groups is 1. The molecule has 6 heteroatoms. The van der Waals surface area contributed by atoms with Gasteiger partial charge in [0.1, 0.15) is 11.5 Å². The molecule has 0 radical (unpaired) electrons. The molecule has 0 aliphatic carbocycles. The van der Waals surface area contributed by atoms with Crippen molar-refractivity contribution in [1.82, 2.24) is 20.5 Å². The predicted octanol–water partition coefficient (Wildman–Crippen LogP) is 0.908. The van der Waals surface area contributed by atoms with Crippen molar-refractivity contribution in [1.29, 1.82) is 0 Å². The van der Waals surface area contributed by atoms with Gasteiger partial charge in [-0.2, -0.15) is 5.10 Å². The Balaban J connectivity index is 2.19. The molecular formula is C10H11N5O. The Morgan fingerprint density at radius 1 is 1.31 bits per heavy atom. The predicted molar refractivity (Wildman–Crippen MR) is 59.5 cm³/mol. The molecule has 82 valence electrons. The number of hydrogen-bond acceptors (Lipinski definition) is 4. The van der Waals surface area contributed by atoms with Gasteiger partial charge in [0.15, 0.2) is 5.82 Å². The Hall–Kier alpha value is -2.37. The van der Waals surface area contributed by atoms with Gasteiger partial charge in [-0.1, -0.05) is 6.07 Å². The van der Waals surface area contributed by atoms with E-state index in [0.29, 0.717) is 17.3 Å². The fourth-order valence-corrected chi connectivity index (χ4v) is 1.22. The lowest BCUT2D eigenvalue weighted by molar-refractivity contribution is 0.0958. The van der Waals surface area contributed by atoms with Crippen molar-refractivity contribution in [2.45, 2.75) is 0 Å². The molecule has 0 aliphatic rings. The third-order valence-electron chi connectivity index (χ3n) is 1.97. The summed E-state index contributed by atoms with van der Waals surface area (Å²) in [5, 5.41) is 12.1. The van der Waals surface area contributed by atoms with Crippen molar-refractivity contribution in [3.8, 4) is 0 Å². The summed E-state index contributed by atoms with van der Waals surface area (Å²) >= 11 is 0. The maximum absolute atomic E-state index is 11.3. The van der Waals surface area contributed by atoms with Crippen molar-refractivity contribution in [2.75, 3.05) is 12.4 Å². The van der Waals surface area contributed by atoms with Gasteiger partial charge in [0, 0.05) is 19.3 Å². The number of aromatic amines is 1. The number of anilines is 2. The Kier molecular flexibility index (Phi) is 2.81. The van der Waals surface area contributed by atoms with E-state index in [4.69, 9.17) is 0 Å². The van der Waals surface area contributed by atoms with E-state index in [1.807, 2.05) is 0 Å². The minimum absolute atomic E-state index is 0.217. The second-order valence-corrected chi connectivity index (χ2v) is 3.07. The number of pyridine rings is 1. The zero-order valence-electron chi connectivity index (χ0n) is 8.69. The molecule has 0 spiro atoms. The number of nitrogens with zero attached hydrogens (tertiary/aromatic N) is 2. The van der Waals surface area contributed by atoms with Crippen LogP contribution in [0.5, 0.6) is 0 Å². The number of H-pyrrole nitrogens is 1. The molecule has 16 heavy (non-hydrogen) atoms. The first kappa shape index (κ1) is 10.2. The molecule has 0 fully saturated rings. The maximum Gasteiger partial charge on any atom is 0.269 e. The van der Waals surface area contributed by atoms with Crippen LogP contribution in [0.4, 0.5) is 11.6 Å². The zero-order valence-corrected chi connectivity index (χ0v) is 8.69. The third-order valence-corrected chi connectivity index (χ3v) is 1.97. The molecular weight excluding hydrogens is 206 g/mol. The van der Waals surface area contributed by atoms with Crippen LogP contribution in [0.2, 0.25) is 0 Å². The van der Waals surface area contributed by atoms with Gasteiger partial charge >= 0.3 is 0 Å². The van der Waals surface area contributed by atoms with Gasteiger partial charge in [-0.15, -0.1) is 0 Å². The van der Waals surface area contributed by atoms with E-state index in [1.54, 1.807) is 37.5 Å². The van der Waals surface area contributed by atoms with E-state index in [2.05, 4.69) is 25.8 Å². The van der Waals surface area contributed by atoms with Gasteiger partial charge in [0.05, 0.1) is 0 Å². The Morgan fingerprint density at radius 3 is 2.88 bits per heavy atom. The second-order valence-electron chi connectivity index (χ2n) is 3.07. The van der Waals surface area contributed by atoms with E-state index in [9.17, 15) is 4.79 Å². The van der Waals surface area contributed by atoms with Crippen LogP contribution in [0.1, 0.15) is 10.5 Å². The number of hydrogen-bond donors (Lipinski definition) is 3. The molecule has 0 atom stereocenters. The molecule has 2 rings (SSSR count). The van der Waals surface area contributed by atoms with Crippen LogP contribution in [-0.2, 0) is 0 Å². The molecule has 0 aliphatic heterocycles. The van der Waals surface area contributed by atoms with E-state index in [0.717, 1.165) is 0 Å². The quantitative estimate of drug-likeness (QED) is 0.713. The van der Waals surface area contributed by atoms with E-state index in [-0.39, 0.29) is 5.91 Å². The first-order valence-electron chi connectivity index (χ1n) is 4.75. The van der Waals surface area contributed by atoms with Crippen molar-refractivity contribution in [3.63, 3.8) is 0 Å². The number of rotatable bonds is 3. The van der Waals surface area contributed by atoms with Crippen molar-refractivity contribution < 1.29 is 4.79 Å². The molecule has 2 aromatic heterocycles. The SMILES string of the molecule is CNC(=O)c1cccc(Nc2cc[nH]n2)n1. The molecule has 6 nitrogen and oxygen atoms in total. The van der Waals surface area contributed by atoms with Crippen LogP contribution >= 0.6 is 0 Å². The standard InChI is InChI=1S/C10H11N5O/c1-11-10(16)7-3-2-4-8(13-7)14-9-5-6-12-15-9/h2-6H,1H3,(H,11,16)(H2,12,13,14,15). The Bertz CT molecular complexity index is 480. The van der Waals surface area contributed by atoms with E-state index >= 15 is 0 Å². The first-order chi connectivity index (χ1) is 7.79. The number of nitrogens with one attached hydrogen (secondary N) is 3. The van der Waals surface area contributed by atoms with Gasteiger partial charge in [-0.05, 0) is 12.1 Å². The summed E-state index contributed by atoms with van der Waals surface area (Å²) in [7, 11) is 1.57. The lowest BCUT2D eigenvalue weighted by Crippen LogP contribution is -2.19. The van der Waals surface area contributed by atoms with Crippen LogP contribution < -0.4 is 10.6 Å². The van der Waals surface area contributed by atoms with Gasteiger partial charge in [0.25, 0.3) is 5.91 Å². The van der Waals surface area contributed by atoms with Crippen molar-refractivity contribution in [2.24, 2.45) is 0 Å². The smallest absolute Gasteiger partial charge is 0.269 e. The van der Waals surface area contributed by atoms with Gasteiger partial charge < -0.3 is 10.6 Å². The maximum atomic E-state index is 11.3. The number of amides is 1. The summed E-state index contributed by atoms with van der Waals surface area (Å²) in [6.45, 7) is 0. The van der Waals surface area contributed by atoms with Crippen LogP contribution in [0.15, 0.2) is 30.5 Å². The fraction of sp³-hybridized carbons (Fsp3) is 0.100. The number of carbonyl (C=O) groups excluding carboxylic acids is 1. The van der Waals surface area contributed by atoms with Crippen molar-refractivity contribution >= 4 is 17.5 Å². The molecule has 1 amide bonds. The number of aromatic nitrogens is 3. The highest BCUT2D eigenvalue weighted by Gasteiger charge is 2.05. The monoisotopic (exact) mass is 217 g/mol. The minimum atomic E-state index is -0.217. The fourth-order valence-electron chi connectivity index (χ4n) is 1.22. The van der Waals surface area contributed by atoms with Gasteiger partial charge in [0.2, 0.25) is 0 Å². The minimum Gasteiger partial charge on any atom is -0.354 e. The summed E-state index contributed by atoms with van der Waals surface area (Å²) in [5.74, 6) is 1.01. The summed E-state index contributed by atoms with van der Waals surface area (Å²) in [5.41, 5.74) is 0.364. The van der Waals surface area contributed by atoms with Crippen LogP contribution in [0.3, 0.4) is 0 Å². The highest BCUT2D eigenvalue weighted by Crippen LogP contribution is 2.11. The highest BCUT2D eigenvalue weighted by molar-refractivity contribution is 5.92. The molecule has 0 unspecified atom stereocenters. The topological polar surface area (TPSA) is 82.7 Å². The normalized spacial score (nSPS) is 9.81. The van der Waals surface area contributed by atoms with Crippen molar-refractivity contribution in [3.05, 3.63) is 36.2 Å². The first-order valence-corrected chi connectivity index (χ1v) is 4.75. The Morgan fingerprint density at radius 2 is 2.19 bits per heavy atom. The lowest BCUT2D eigenvalue weighted by atomic mass is 10.3. The zero-order chi connectivity index (χ0) is 11.4. The summed E-state index contributed by atoms with van der Waals surface area (Å²) < 4.78 is 0. The molecule has 2 heterocycles. The molecule has 2 aromatic rings. The van der Waals surface area contributed by atoms with E-state index < -0.39 is 0 Å². The summed E-state index contributed by atoms with van der Waals surface area (Å²) in [6, 6.07) is 6.94. The van der Waals surface area contributed by atoms with Gasteiger partial charge in [-0.25, -0.2) is 4.98 Å². The molecule has 0 saturated carbocycles. The molecule has 0 saturated heterocycles. The average Bonchev–Trinajstić information content (AvgIpc) is 2.81. The summed E-state index contributed by atoms with van der Waals surface area (Å²) in [4.78, 5) is 15.5. The van der Waals surface area contributed by atoms with Crippen LogP contribution in [0.25, 0.3) is 0 Å².